The highest BCUT2D eigenvalue weighted by Crippen LogP contribution is 2.19. The summed E-state index contributed by atoms with van der Waals surface area (Å²) in [5.41, 5.74) is 2.23. The van der Waals surface area contributed by atoms with Gasteiger partial charge >= 0.3 is 0 Å². The van der Waals surface area contributed by atoms with Crippen LogP contribution in [0.5, 0.6) is 17.2 Å². The summed E-state index contributed by atoms with van der Waals surface area (Å²) in [6.45, 7) is 8.24. The Morgan fingerprint density at radius 1 is 1.00 bits per heavy atom. The van der Waals surface area contributed by atoms with Crippen molar-refractivity contribution < 1.29 is 19.0 Å². The number of hydrogen-bond donors (Lipinski definition) is 1. The predicted molar refractivity (Wildman–Crippen MR) is 107 cm³/mol. The van der Waals surface area contributed by atoms with Crippen LogP contribution in [0.15, 0.2) is 42.5 Å². The van der Waals surface area contributed by atoms with Crippen molar-refractivity contribution in [2.24, 2.45) is 0 Å². The molecule has 0 aliphatic rings. The zero-order valence-corrected chi connectivity index (χ0v) is 16.7. The van der Waals surface area contributed by atoms with Crippen molar-refractivity contribution in [3.8, 4) is 17.2 Å². The van der Waals surface area contributed by atoms with E-state index in [1.807, 2.05) is 64.1 Å². The lowest BCUT2D eigenvalue weighted by Gasteiger charge is -2.21. The van der Waals surface area contributed by atoms with Gasteiger partial charge in [-0.05, 0) is 74.7 Å². The van der Waals surface area contributed by atoms with Gasteiger partial charge in [-0.3, -0.25) is 4.79 Å². The third-order valence-corrected chi connectivity index (χ3v) is 4.08. The molecular formula is C22H29NO4. The third-order valence-electron chi connectivity index (χ3n) is 4.08. The Balaban J connectivity index is 1.86. The fourth-order valence-corrected chi connectivity index (χ4v) is 2.76. The van der Waals surface area contributed by atoms with Gasteiger partial charge in [-0.1, -0.05) is 13.0 Å². The molecule has 2 aromatic carbocycles. The fourth-order valence-electron chi connectivity index (χ4n) is 2.76. The minimum Gasteiger partial charge on any atom is -0.497 e. The molecule has 0 unspecified atom stereocenters. The molecule has 0 saturated carbocycles. The van der Waals surface area contributed by atoms with Crippen LogP contribution in [0.2, 0.25) is 0 Å². The van der Waals surface area contributed by atoms with E-state index >= 15 is 0 Å². The number of benzene rings is 2. The molecule has 146 valence electrons. The van der Waals surface area contributed by atoms with Gasteiger partial charge in [0, 0.05) is 0 Å². The SMILES string of the molecule is CC[C@@H](Oc1cc(C)cc(C)c1)C(=O)N[C@H](C)COc1ccc(OC)cc1. The van der Waals surface area contributed by atoms with Crippen LogP contribution < -0.4 is 19.5 Å². The van der Waals surface area contributed by atoms with Gasteiger partial charge in [0.05, 0.1) is 13.2 Å². The van der Waals surface area contributed by atoms with Crippen molar-refractivity contribution >= 4 is 5.91 Å². The first-order valence-corrected chi connectivity index (χ1v) is 9.23. The quantitative estimate of drug-likeness (QED) is 0.722. The van der Waals surface area contributed by atoms with Crippen LogP contribution >= 0.6 is 0 Å². The molecule has 0 radical (unpaired) electrons. The Kier molecular flexibility index (Phi) is 7.53. The molecule has 0 aromatic heterocycles. The van der Waals surface area contributed by atoms with Gasteiger partial charge in [0.25, 0.3) is 5.91 Å². The zero-order chi connectivity index (χ0) is 19.8. The zero-order valence-electron chi connectivity index (χ0n) is 16.7. The van der Waals surface area contributed by atoms with Crippen molar-refractivity contribution in [3.05, 3.63) is 53.6 Å². The number of methoxy groups -OCH3 is 1. The van der Waals surface area contributed by atoms with E-state index in [-0.39, 0.29) is 11.9 Å². The molecule has 1 N–H and O–H groups in total. The molecule has 0 saturated heterocycles. The number of nitrogens with one attached hydrogen (secondary N) is 1. The molecule has 0 aliphatic heterocycles. The van der Waals surface area contributed by atoms with Crippen molar-refractivity contribution in [1.82, 2.24) is 5.32 Å². The standard InChI is InChI=1S/C22H29NO4/c1-6-21(27-20-12-15(2)11-16(3)13-20)22(24)23-17(4)14-26-19-9-7-18(25-5)8-10-19/h7-13,17,21H,6,14H2,1-5H3,(H,23,24)/t17-,21-/m1/s1. The molecule has 5 heteroatoms. The number of hydrogen-bond acceptors (Lipinski definition) is 4. The summed E-state index contributed by atoms with van der Waals surface area (Å²) in [7, 11) is 1.62. The normalized spacial score (nSPS) is 12.8. The van der Waals surface area contributed by atoms with Gasteiger partial charge < -0.3 is 19.5 Å². The van der Waals surface area contributed by atoms with Gasteiger partial charge in [-0.2, -0.15) is 0 Å². The molecule has 0 fully saturated rings. The van der Waals surface area contributed by atoms with E-state index in [4.69, 9.17) is 14.2 Å². The summed E-state index contributed by atoms with van der Waals surface area (Å²) in [6, 6.07) is 13.2. The van der Waals surface area contributed by atoms with Crippen LogP contribution in [-0.2, 0) is 4.79 Å². The minimum atomic E-state index is -0.533. The predicted octanol–water partition coefficient (Wildman–Crippen LogP) is 4.05. The van der Waals surface area contributed by atoms with Gasteiger partial charge in [0.1, 0.15) is 23.9 Å². The fraction of sp³-hybridized carbons (Fsp3) is 0.409. The summed E-state index contributed by atoms with van der Waals surface area (Å²) in [5.74, 6) is 2.09. The monoisotopic (exact) mass is 371 g/mol. The third kappa shape index (κ3) is 6.51. The number of aryl methyl sites for hydroxylation is 2. The van der Waals surface area contributed by atoms with Crippen LogP contribution in [0, 0.1) is 13.8 Å². The van der Waals surface area contributed by atoms with Gasteiger partial charge in [-0.25, -0.2) is 0 Å². The Morgan fingerprint density at radius 2 is 1.59 bits per heavy atom. The second-order valence-corrected chi connectivity index (χ2v) is 6.73. The lowest BCUT2D eigenvalue weighted by atomic mass is 10.1. The van der Waals surface area contributed by atoms with Gasteiger partial charge in [-0.15, -0.1) is 0 Å². The summed E-state index contributed by atoms with van der Waals surface area (Å²) in [5, 5.41) is 2.96. The first kappa shape index (κ1) is 20.6. The highest BCUT2D eigenvalue weighted by molar-refractivity contribution is 5.81. The Bertz CT molecular complexity index is 722. The van der Waals surface area contributed by atoms with Crippen LogP contribution in [0.1, 0.15) is 31.4 Å². The largest absolute Gasteiger partial charge is 0.497 e. The number of ether oxygens (including phenoxy) is 3. The van der Waals surface area contributed by atoms with Crippen LogP contribution in [0.3, 0.4) is 0 Å². The molecular weight excluding hydrogens is 342 g/mol. The lowest BCUT2D eigenvalue weighted by Crippen LogP contribution is -2.44. The average molecular weight is 371 g/mol. The molecule has 0 bridgehead atoms. The number of amides is 1. The second kappa shape index (κ2) is 9.86. The smallest absolute Gasteiger partial charge is 0.261 e. The van der Waals surface area contributed by atoms with Crippen LogP contribution in [0.4, 0.5) is 0 Å². The Morgan fingerprint density at radius 3 is 2.15 bits per heavy atom. The Hall–Kier alpha value is -2.69. The summed E-state index contributed by atoms with van der Waals surface area (Å²) < 4.78 is 16.8. The van der Waals surface area contributed by atoms with E-state index in [9.17, 15) is 4.79 Å². The molecule has 0 aliphatic carbocycles. The summed E-state index contributed by atoms with van der Waals surface area (Å²) in [6.07, 6.45) is 0.0554. The number of rotatable bonds is 9. The number of carbonyl (C=O) groups excluding carboxylic acids is 1. The van der Waals surface area contributed by atoms with Crippen LogP contribution in [0.25, 0.3) is 0 Å². The van der Waals surface area contributed by atoms with Crippen molar-refractivity contribution in [3.63, 3.8) is 0 Å². The average Bonchev–Trinajstić information content (AvgIpc) is 2.64. The first-order chi connectivity index (χ1) is 12.9. The van der Waals surface area contributed by atoms with E-state index in [0.717, 1.165) is 28.4 Å². The minimum absolute atomic E-state index is 0.137. The first-order valence-electron chi connectivity index (χ1n) is 9.23. The second-order valence-electron chi connectivity index (χ2n) is 6.73. The maximum atomic E-state index is 12.5. The summed E-state index contributed by atoms with van der Waals surface area (Å²) in [4.78, 5) is 12.5. The molecule has 2 rings (SSSR count). The lowest BCUT2D eigenvalue weighted by molar-refractivity contribution is -0.128. The molecule has 5 nitrogen and oxygen atoms in total. The maximum Gasteiger partial charge on any atom is 0.261 e. The maximum absolute atomic E-state index is 12.5. The van der Waals surface area contributed by atoms with Gasteiger partial charge in [0.2, 0.25) is 0 Å². The highest BCUT2D eigenvalue weighted by Gasteiger charge is 2.20. The molecule has 2 atom stereocenters. The van der Waals surface area contributed by atoms with Crippen molar-refractivity contribution in [1.29, 1.82) is 0 Å². The molecule has 1 amide bonds. The molecule has 27 heavy (non-hydrogen) atoms. The highest BCUT2D eigenvalue weighted by atomic mass is 16.5. The Labute approximate surface area is 161 Å². The van der Waals surface area contributed by atoms with Crippen molar-refractivity contribution in [2.75, 3.05) is 13.7 Å². The van der Waals surface area contributed by atoms with Gasteiger partial charge in [0.15, 0.2) is 6.10 Å². The van der Waals surface area contributed by atoms with E-state index in [1.165, 1.54) is 0 Å². The van der Waals surface area contributed by atoms with E-state index < -0.39 is 6.10 Å². The van der Waals surface area contributed by atoms with E-state index in [2.05, 4.69) is 11.4 Å². The molecule has 2 aromatic rings. The molecule has 0 spiro atoms. The topological polar surface area (TPSA) is 56.8 Å². The number of carbonyl (C=O) groups is 1. The van der Waals surface area contributed by atoms with E-state index in [0.29, 0.717) is 13.0 Å². The van der Waals surface area contributed by atoms with Crippen molar-refractivity contribution in [2.45, 2.75) is 46.3 Å². The van der Waals surface area contributed by atoms with E-state index in [1.54, 1.807) is 7.11 Å². The summed E-state index contributed by atoms with van der Waals surface area (Å²) >= 11 is 0. The molecule has 0 heterocycles. The van der Waals surface area contributed by atoms with Crippen LogP contribution in [-0.4, -0.2) is 31.8 Å².